The molecule has 0 aliphatic carbocycles. The van der Waals surface area contributed by atoms with Crippen molar-refractivity contribution in [1.29, 1.82) is 0 Å². The van der Waals surface area contributed by atoms with E-state index in [1.54, 1.807) is 6.07 Å². The number of hydrogen-bond donors (Lipinski definition) is 1. The third kappa shape index (κ3) is 4.68. The fourth-order valence-electron chi connectivity index (χ4n) is 2.93. The molecule has 0 radical (unpaired) electrons. The molecule has 2 saturated heterocycles. The van der Waals surface area contributed by atoms with Gasteiger partial charge in [0.15, 0.2) is 0 Å². The average Bonchev–Trinajstić information content (AvgIpc) is 2.98. The van der Waals surface area contributed by atoms with Crippen molar-refractivity contribution in [2.24, 2.45) is 0 Å². The lowest BCUT2D eigenvalue weighted by Gasteiger charge is -2.32. The lowest BCUT2D eigenvalue weighted by atomic mass is 10.0. The fraction of sp³-hybridized carbons (Fsp3) is 0.647. The molecule has 3 nitrogen and oxygen atoms in total. The molecule has 0 bridgehead atoms. The van der Waals surface area contributed by atoms with Gasteiger partial charge in [0.05, 0.1) is 11.8 Å². The number of benzene rings is 1. The van der Waals surface area contributed by atoms with Crippen LogP contribution in [0.2, 0.25) is 0 Å². The molecule has 1 aromatic carbocycles. The highest BCUT2D eigenvalue weighted by molar-refractivity contribution is 5.48. The van der Waals surface area contributed by atoms with Crippen LogP contribution in [-0.4, -0.2) is 48.8 Å². The molecule has 2 aliphatic rings. The van der Waals surface area contributed by atoms with Crippen LogP contribution in [0.3, 0.4) is 0 Å². The van der Waals surface area contributed by atoms with Crippen LogP contribution in [-0.2, 0) is 0 Å². The Hall–Kier alpha value is -1.13. The highest BCUT2D eigenvalue weighted by Gasteiger charge is 2.20. The Morgan fingerprint density at radius 2 is 1.81 bits per heavy atom. The number of nitrogens with zero attached hydrogens (tertiary/aromatic N) is 2. The van der Waals surface area contributed by atoms with E-state index >= 15 is 0 Å². The smallest absolute Gasteiger partial charge is 0.146 e. The van der Waals surface area contributed by atoms with E-state index in [1.165, 1.54) is 18.9 Å². The summed E-state index contributed by atoms with van der Waals surface area (Å²) < 4.78 is 13.2. The van der Waals surface area contributed by atoms with Gasteiger partial charge in [-0.05, 0) is 51.8 Å². The first-order valence-corrected chi connectivity index (χ1v) is 7.95. The van der Waals surface area contributed by atoms with Crippen LogP contribution in [0.4, 0.5) is 10.1 Å². The van der Waals surface area contributed by atoms with Gasteiger partial charge in [0.1, 0.15) is 5.82 Å². The van der Waals surface area contributed by atoms with E-state index < -0.39 is 0 Å². The highest BCUT2D eigenvalue weighted by Crippen LogP contribution is 2.22. The third-order valence-corrected chi connectivity index (χ3v) is 4.48. The molecule has 0 amide bonds. The second-order valence-corrected chi connectivity index (χ2v) is 6.15. The van der Waals surface area contributed by atoms with Gasteiger partial charge in [0, 0.05) is 25.7 Å². The van der Waals surface area contributed by atoms with E-state index in [1.807, 2.05) is 12.1 Å². The van der Waals surface area contributed by atoms with Gasteiger partial charge in [-0.1, -0.05) is 12.1 Å². The Labute approximate surface area is 127 Å². The predicted octanol–water partition coefficient (Wildman–Crippen LogP) is 2.89. The number of aliphatic hydroxyl groups is 1. The molecule has 118 valence electrons. The van der Waals surface area contributed by atoms with Gasteiger partial charge < -0.3 is 14.9 Å². The lowest BCUT2D eigenvalue weighted by molar-refractivity contribution is 0.0624. The first-order valence-electron chi connectivity index (χ1n) is 7.95. The molecular formula is C17H27FN2O. The van der Waals surface area contributed by atoms with E-state index in [0.29, 0.717) is 6.04 Å². The molecule has 2 heterocycles. The van der Waals surface area contributed by atoms with Gasteiger partial charge >= 0.3 is 0 Å². The summed E-state index contributed by atoms with van der Waals surface area (Å²) in [6, 6.07) is 7.55. The van der Waals surface area contributed by atoms with Crippen LogP contribution in [0.15, 0.2) is 24.3 Å². The molecule has 0 aromatic heterocycles. The summed E-state index contributed by atoms with van der Waals surface area (Å²) in [6.07, 6.45) is 4.22. The summed E-state index contributed by atoms with van der Waals surface area (Å²) in [6.45, 7) is 5.20. The number of anilines is 1. The topological polar surface area (TPSA) is 26.7 Å². The Morgan fingerprint density at radius 1 is 1.14 bits per heavy atom. The van der Waals surface area contributed by atoms with Crippen LogP contribution in [0.1, 0.15) is 32.6 Å². The third-order valence-electron chi connectivity index (χ3n) is 4.48. The minimum absolute atomic E-state index is 0.0452. The van der Waals surface area contributed by atoms with E-state index in [9.17, 15) is 9.50 Å². The maximum Gasteiger partial charge on any atom is 0.146 e. The van der Waals surface area contributed by atoms with Crippen LogP contribution < -0.4 is 4.90 Å². The second-order valence-electron chi connectivity index (χ2n) is 6.15. The van der Waals surface area contributed by atoms with Crippen molar-refractivity contribution in [2.45, 2.75) is 44.8 Å². The summed E-state index contributed by atoms with van der Waals surface area (Å²) in [7, 11) is 2.11. The number of piperidine rings is 1. The van der Waals surface area contributed by atoms with Crippen LogP contribution in [0, 0.1) is 5.82 Å². The molecule has 1 aromatic rings. The first-order chi connectivity index (χ1) is 10.1. The number of halogens is 1. The van der Waals surface area contributed by atoms with Crippen molar-refractivity contribution in [2.75, 3.05) is 31.6 Å². The van der Waals surface area contributed by atoms with Crippen molar-refractivity contribution in [3.05, 3.63) is 30.1 Å². The Morgan fingerprint density at radius 3 is 2.38 bits per heavy atom. The van der Waals surface area contributed by atoms with Crippen molar-refractivity contribution in [3.8, 4) is 0 Å². The van der Waals surface area contributed by atoms with Crippen molar-refractivity contribution >= 4 is 5.69 Å². The van der Waals surface area contributed by atoms with Crippen molar-refractivity contribution < 1.29 is 9.50 Å². The zero-order valence-corrected chi connectivity index (χ0v) is 13.1. The van der Waals surface area contributed by atoms with E-state index in [0.717, 1.165) is 38.2 Å². The largest absolute Gasteiger partial charge is 0.393 e. The van der Waals surface area contributed by atoms with Crippen molar-refractivity contribution in [3.63, 3.8) is 0 Å². The number of para-hydroxylation sites is 1. The Kier molecular flexibility index (Phi) is 6.00. The summed E-state index contributed by atoms with van der Waals surface area (Å²) in [5.41, 5.74) is 0.759. The number of hydrogen-bond acceptors (Lipinski definition) is 3. The molecule has 0 spiro atoms. The fourth-order valence-corrected chi connectivity index (χ4v) is 2.93. The minimum Gasteiger partial charge on any atom is -0.393 e. The SMILES string of the molecule is CC1CC(O)CCN1C.Fc1ccccc1N1CCCC1. The van der Waals surface area contributed by atoms with E-state index in [2.05, 4.69) is 23.8 Å². The highest BCUT2D eigenvalue weighted by atomic mass is 19.1. The van der Waals surface area contributed by atoms with Crippen molar-refractivity contribution in [1.82, 2.24) is 4.90 Å². The summed E-state index contributed by atoms with van der Waals surface area (Å²) >= 11 is 0. The van der Waals surface area contributed by atoms with Gasteiger partial charge in [0.25, 0.3) is 0 Å². The minimum atomic E-state index is -0.0978. The molecule has 2 aliphatic heterocycles. The molecule has 2 atom stereocenters. The summed E-state index contributed by atoms with van der Waals surface area (Å²) in [4.78, 5) is 4.39. The molecule has 21 heavy (non-hydrogen) atoms. The van der Waals surface area contributed by atoms with Gasteiger partial charge in [-0.15, -0.1) is 0 Å². The molecule has 3 rings (SSSR count). The molecule has 0 saturated carbocycles. The molecule has 4 heteroatoms. The van der Waals surface area contributed by atoms with Gasteiger partial charge in [-0.3, -0.25) is 0 Å². The molecular weight excluding hydrogens is 267 g/mol. The molecule has 1 N–H and O–H groups in total. The second kappa shape index (κ2) is 7.76. The molecule has 2 unspecified atom stereocenters. The van der Waals surface area contributed by atoms with Crippen LogP contribution >= 0.6 is 0 Å². The standard InChI is InChI=1S/C10H12FN.C7H15NO/c11-9-5-1-2-6-10(9)12-7-3-4-8-12;1-6-5-7(9)3-4-8(6)2/h1-2,5-6H,3-4,7-8H2;6-7,9H,3-5H2,1-2H3. The Balaban J connectivity index is 0.000000161. The summed E-state index contributed by atoms with van der Waals surface area (Å²) in [5.74, 6) is -0.0978. The Bertz CT molecular complexity index is 435. The van der Waals surface area contributed by atoms with E-state index in [4.69, 9.17) is 0 Å². The summed E-state index contributed by atoms with van der Waals surface area (Å²) in [5, 5.41) is 9.17. The van der Waals surface area contributed by atoms with E-state index in [-0.39, 0.29) is 11.9 Å². The predicted molar refractivity (Wildman–Crippen MR) is 85.2 cm³/mol. The number of rotatable bonds is 1. The quantitative estimate of drug-likeness (QED) is 0.863. The maximum atomic E-state index is 13.2. The maximum absolute atomic E-state index is 13.2. The first kappa shape index (κ1) is 16.2. The average molecular weight is 294 g/mol. The normalized spacial score (nSPS) is 26.4. The molecule has 2 fully saturated rings. The van der Waals surface area contributed by atoms with Gasteiger partial charge in [-0.2, -0.15) is 0 Å². The monoisotopic (exact) mass is 294 g/mol. The van der Waals surface area contributed by atoms with Gasteiger partial charge in [0.2, 0.25) is 0 Å². The zero-order valence-electron chi connectivity index (χ0n) is 13.1. The van der Waals surface area contributed by atoms with Crippen LogP contribution in [0.25, 0.3) is 0 Å². The number of aliphatic hydroxyl groups excluding tert-OH is 1. The van der Waals surface area contributed by atoms with Gasteiger partial charge in [-0.25, -0.2) is 4.39 Å². The van der Waals surface area contributed by atoms with Crippen LogP contribution in [0.5, 0.6) is 0 Å². The zero-order chi connectivity index (χ0) is 15.2. The number of likely N-dealkylation sites (tertiary alicyclic amines) is 1. The lowest BCUT2D eigenvalue weighted by Crippen LogP contribution is -2.39.